The molecule has 25 heavy (non-hydrogen) atoms. The number of amides is 1. The van der Waals surface area contributed by atoms with Gasteiger partial charge in [-0.1, -0.05) is 37.3 Å². The molecule has 0 unspecified atom stereocenters. The quantitative estimate of drug-likeness (QED) is 0.928. The molecule has 1 aromatic carbocycles. The zero-order chi connectivity index (χ0) is 17.2. The first-order chi connectivity index (χ1) is 12.2. The van der Waals surface area contributed by atoms with E-state index in [4.69, 9.17) is 0 Å². The number of aromatic nitrogens is 1. The number of carbonyl (C=O) groups is 1. The minimum Gasteiger partial charge on any atom is -0.371 e. The number of hydrogen-bond acceptors (Lipinski definition) is 3. The second kappa shape index (κ2) is 6.87. The van der Waals surface area contributed by atoms with Crippen molar-refractivity contribution in [3.05, 3.63) is 59.9 Å². The first-order valence-corrected chi connectivity index (χ1v) is 9.27. The highest BCUT2D eigenvalue weighted by Gasteiger charge is 2.39. The molecule has 1 aromatic heterocycles. The van der Waals surface area contributed by atoms with Crippen LogP contribution in [0.5, 0.6) is 0 Å². The molecule has 4 heteroatoms. The molecular formula is C21H25N3O. The van der Waals surface area contributed by atoms with Gasteiger partial charge < -0.3 is 10.2 Å². The third kappa shape index (κ3) is 3.68. The van der Waals surface area contributed by atoms with Crippen molar-refractivity contribution in [2.24, 2.45) is 5.92 Å². The zero-order valence-corrected chi connectivity index (χ0v) is 14.7. The van der Waals surface area contributed by atoms with E-state index in [2.05, 4.69) is 46.4 Å². The molecule has 1 aliphatic carbocycles. The topological polar surface area (TPSA) is 45.2 Å². The predicted molar refractivity (Wildman–Crippen MR) is 99.9 cm³/mol. The fourth-order valence-corrected chi connectivity index (χ4v) is 3.83. The van der Waals surface area contributed by atoms with Crippen LogP contribution < -0.4 is 10.2 Å². The van der Waals surface area contributed by atoms with E-state index in [1.807, 2.05) is 18.2 Å². The van der Waals surface area contributed by atoms with Gasteiger partial charge in [0.1, 0.15) is 5.69 Å². The number of nitrogens with zero attached hydrogens (tertiary/aromatic N) is 2. The summed E-state index contributed by atoms with van der Waals surface area (Å²) < 4.78 is 0. The van der Waals surface area contributed by atoms with E-state index in [-0.39, 0.29) is 11.9 Å². The number of anilines is 1. The Morgan fingerprint density at radius 3 is 2.88 bits per heavy atom. The van der Waals surface area contributed by atoms with Crippen LogP contribution in [0.3, 0.4) is 0 Å². The average Bonchev–Trinajstić information content (AvgIpc) is 3.42. The van der Waals surface area contributed by atoms with Crippen LogP contribution in [0.2, 0.25) is 0 Å². The summed E-state index contributed by atoms with van der Waals surface area (Å²) in [5, 5.41) is 3.14. The van der Waals surface area contributed by atoms with Crippen LogP contribution in [-0.2, 0) is 0 Å². The van der Waals surface area contributed by atoms with E-state index < -0.39 is 0 Å². The molecule has 1 saturated carbocycles. The highest BCUT2D eigenvalue weighted by atomic mass is 16.2. The molecule has 2 heterocycles. The molecule has 2 aromatic rings. The molecule has 130 valence electrons. The highest BCUT2D eigenvalue weighted by molar-refractivity contribution is 5.93. The van der Waals surface area contributed by atoms with Crippen LogP contribution in [0.15, 0.2) is 48.7 Å². The average molecular weight is 335 g/mol. The lowest BCUT2D eigenvalue weighted by atomic mass is 10.00. The van der Waals surface area contributed by atoms with Crippen molar-refractivity contribution in [2.45, 2.75) is 38.1 Å². The van der Waals surface area contributed by atoms with Crippen LogP contribution in [0.1, 0.15) is 48.2 Å². The van der Waals surface area contributed by atoms with Gasteiger partial charge in [0.25, 0.3) is 5.91 Å². The van der Waals surface area contributed by atoms with E-state index in [1.54, 1.807) is 6.20 Å². The predicted octanol–water partition coefficient (Wildman–Crippen LogP) is 3.60. The molecule has 3 atom stereocenters. The number of piperidine rings is 1. The van der Waals surface area contributed by atoms with Crippen molar-refractivity contribution in [3.8, 4) is 0 Å². The van der Waals surface area contributed by atoms with Gasteiger partial charge in [-0.15, -0.1) is 0 Å². The summed E-state index contributed by atoms with van der Waals surface area (Å²) in [5.41, 5.74) is 2.94. The van der Waals surface area contributed by atoms with Gasteiger partial charge in [0.05, 0.1) is 0 Å². The third-order valence-corrected chi connectivity index (χ3v) is 5.33. The first kappa shape index (κ1) is 16.1. The number of rotatable bonds is 4. The molecule has 1 aliphatic heterocycles. The molecule has 2 aliphatic rings. The molecule has 4 nitrogen and oxygen atoms in total. The Morgan fingerprint density at radius 2 is 2.08 bits per heavy atom. The fraction of sp³-hybridized carbons (Fsp3) is 0.429. The molecule has 4 rings (SSSR count). The second-order valence-corrected chi connectivity index (χ2v) is 7.43. The maximum absolute atomic E-state index is 12.6. The van der Waals surface area contributed by atoms with Crippen molar-refractivity contribution in [1.82, 2.24) is 10.3 Å². The lowest BCUT2D eigenvalue weighted by Crippen LogP contribution is -2.34. The van der Waals surface area contributed by atoms with Gasteiger partial charge in [0, 0.05) is 36.9 Å². The van der Waals surface area contributed by atoms with Gasteiger partial charge in [-0.2, -0.15) is 0 Å². The molecule has 0 radical (unpaired) electrons. The third-order valence-electron chi connectivity index (χ3n) is 5.33. The summed E-state index contributed by atoms with van der Waals surface area (Å²) in [7, 11) is 0. The summed E-state index contributed by atoms with van der Waals surface area (Å²) in [6.07, 6.45) is 5.27. The number of pyridine rings is 1. The minimum absolute atomic E-state index is 0.0599. The van der Waals surface area contributed by atoms with Crippen molar-refractivity contribution < 1.29 is 4.79 Å². The largest absolute Gasteiger partial charge is 0.371 e. The van der Waals surface area contributed by atoms with Crippen LogP contribution >= 0.6 is 0 Å². The Hall–Kier alpha value is -2.36. The number of nitrogens with one attached hydrogen (secondary N) is 1. The lowest BCUT2D eigenvalue weighted by molar-refractivity contribution is 0.0945. The standard InChI is InChI=1S/C21H25N3O/c1-15-6-5-11-24(14-15)17-9-10-22-20(12-17)21(25)23-19-13-18(19)16-7-3-2-4-8-16/h2-4,7-10,12,15,18-19H,5-6,11,13-14H2,1H3,(H,23,25)/t15-,18-,19+/m0/s1. The highest BCUT2D eigenvalue weighted by Crippen LogP contribution is 2.40. The Bertz CT molecular complexity index is 746. The summed E-state index contributed by atoms with van der Waals surface area (Å²) >= 11 is 0. The number of benzene rings is 1. The van der Waals surface area contributed by atoms with Gasteiger partial charge in [0.2, 0.25) is 0 Å². The van der Waals surface area contributed by atoms with Gasteiger partial charge >= 0.3 is 0 Å². The Labute approximate surface area is 149 Å². The van der Waals surface area contributed by atoms with Gasteiger partial charge in [0.15, 0.2) is 0 Å². The summed E-state index contributed by atoms with van der Waals surface area (Å²) in [6.45, 7) is 4.41. The van der Waals surface area contributed by atoms with Gasteiger partial charge in [-0.25, -0.2) is 0 Å². The minimum atomic E-state index is -0.0599. The summed E-state index contributed by atoms with van der Waals surface area (Å²) in [5.74, 6) is 1.09. The molecule has 1 N–H and O–H groups in total. The molecule has 0 spiro atoms. The molecule has 1 amide bonds. The fourth-order valence-electron chi connectivity index (χ4n) is 3.83. The summed E-state index contributed by atoms with van der Waals surface area (Å²) in [6, 6.07) is 14.6. The molecule has 0 bridgehead atoms. The lowest BCUT2D eigenvalue weighted by Gasteiger charge is -2.32. The van der Waals surface area contributed by atoms with E-state index in [1.165, 1.54) is 18.4 Å². The first-order valence-electron chi connectivity index (χ1n) is 9.27. The van der Waals surface area contributed by atoms with Gasteiger partial charge in [-0.05, 0) is 42.9 Å². The van der Waals surface area contributed by atoms with Crippen molar-refractivity contribution in [3.63, 3.8) is 0 Å². The molecular weight excluding hydrogens is 310 g/mol. The van der Waals surface area contributed by atoms with Gasteiger partial charge in [-0.3, -0.25) is 9.78 Å². The van der Waals surface area contributed by atoms with E-state index in [0.29, 0.717) is 17.5 Å². The monoisotopic (exact) mass is 335 g/mol. The van der Waals surface area contributed by atoms with E-state index in [0.717, 1.165) is 25.2 Å². The maximum Gasteiger partial charge on any atom is 0.270 e. The van der Waals surface area contributed by atoms with Crippen molar-refractivity contribution in [2.75, 3.05) is 18.0 Å². The van der Waals surface area contributed by atoms with Crippen LogP contribution in [-0.4, -0.2) is 30.0 Å². The van der Waals surface area contributed by atoms with Crippen LogP contribution in [0.4, 0.5) is 5.69 Å². The smallest absolute Gasteiger partial charge is 0.270 e. The van der Waals surface area contributed by atoms with E-state index >= 15 is 0 Å². The Balaban J connectivity index is 1.40. The summed E-state index contributed by atoms with van der Waals surface area (Å²) in [4.78, 5) is 19.2. The van der Waals surface area contributed by atoms with E-state index in [9.17, 15) is 4.79 Å². The molecule has 2 fully saturated rings. The second-order valence-electron chi connectivity index (χ2n) is 7.43. The Morgan fingerprint density at radius 1 is 1.24 bits per heavy atom. The Kier molecular flexibility index (Phi) is 4.43. The van der Waals surface area contributed by atoms with Crippen molar-refractivity contribution in [1.29, 1.82) is 0 Å². The van der Waals surface area contributed by atoms with Crippen LogP contribution in [0, 0.1) is 5.92 Å². The zero-order valence-electron chi connectivity index (χ0n) is 14.7. The van der Waals surface area contributed by atoms with Crippen molar-refractivity contribution >= 4 is 11.6 Å². The maximum atomic E-state index is 12.6. The SMILES string of the molecule is C[C@H]1CCCN(c2ccnc(C(=O)N[C@@H]3C[C@H]3c3ccccc3)c2)C1. The van der Waals surface area contributed by atoms with Crippen LogP contribution in [0.25, 0.3) is 0 Å². The molecule has 1 saturated heterocycles. The number of carbonyl (C=O) groups excluding carboxylic acids is 1. The number of hydrogen-bond donors (Lipinski definition) is 1. The normalized spacial score (nSPS) is 25.5.